The van der Waals surface area contributed by atoms with Gasteiger partial charge in [0.25, 0.3) is 0 Å². The summed E-state index contributed by atoms with van der Waals surface area (Å²) in [4.78, 5) is 4.00. The second kappa shape index (κ2) is 8.49. The van der Waals surface area contributed by atoms with Gasteiger partial charge < -0.3 is 10.6 Å². The molecule has 2 atom stereocenters. The molecule has 25 heavy (non-hydrogen) atoms. The van der Waals surface area contributed by atoms with Crippen LogP contribution in [-0.4, -0.2) is 31.8 Å². The zero-order valence-electron chi connectivity index (χ0n) is 14.0. The average Bonchev–Trinajstić information content (AvgIpc) is 2.55. The van der Waals surface area contributed by atoms with E-state index in [0.29, 0.717) is 37.3 Å². The summed E-state index contributed by atoms with van der Waals surface area (Å²) in [6.45, 7) is 0.331. The van der Waals surface area contributed by atoms with Gasteiger partial charge in [0.2, 0.25) is 0 Å². The van der Waals surface area contributed by atoms with Gasteiger partial charge in [-0.2, -0.15) is 13.2 Å². The Labute approximate surface area is 143 Å². The minimum atomic E-state index is -4.17. The van der Waals surface area contributed by atoms with Gasteiger partial charge in [-0.1, -0.05) is 12.5 Å². The Morgan fingerprint density at radius 1 is 1.24 bits per heavy atom. The summed E-state index contributed by atoms with van der Waals surface area (Å²) in [6.07, 6.45) is -2.51. The van der Waals surface area contributed by atoms with Crippen molar-refractivity contribution >= 4 is 5.96 Å². The molecule has 8 heteroatoms. The molecule has 0 saturated heterocycles. The fourth-order valence-electron chi connectivity index (χ4n) is 3.05. The van der Waals surface area contributed by atoms with Gasteiger partial charge in [0.1, 0.15) is 11.6 Å². The van der Waals surface area contributed by atoms with Crippen LogP contribution in [0.1, 0.15) is 31.2 Å². The summed E-state index contributed by atoms with van der Waals surface area (Å²) in [5.41, 5.74) is 0.360. The van der Waals surface area contributed by atoms with Crippen molar-refractivity contribution in [2.75, 3.05) is 13.6 Å². The molecule has 1 aromatic rings. The quantitative estimate of drug-likeness (QED) is 0.485. The Balaban J connectivity index is 1.82. The normalized spacial score (nSPS) is 21.9. The molecule has 2 unspecified atom stereocenters. The lowest BCUT2D eigenvalue weighted by Gasteiger charge is -2.31. The van der Waals surface area contributed by atoms with E-state index in [1.54, 1.807) is 0 Å². The lowest BCUT2D eigenvalue weighted by Crippen LogP contribution is -2.47. The van der Waals surface area contributed by atoms with E-state index in [9.17, 15) is 22.0 Å². The van der Waals surface area contributed by atoms with E-state index >= 15 is 0 Å². The van der Waals surface area contributed by atoms with Gasteiger partial charge in [0.15, 0.2) is 5.96 Å². The monoisotopic (exact) mass is 363 g/mol. The fourth-order valence-corrected chi connectivity index (χ4v) is 3.05. The number of guanidine groups is 1. The minimum Gasteiger partial charge on any atom is -0.356 e. The Kier molecular flexibility index (Phi) is 6.61. The summed E-state index contributed by atoms with van der Waals surface area (Å²) in [7, 11) is 1.53. The van der Waals surface area contributed by atoms with Gasteiger partial charge >= 0.3 is 6.18 Å². The summed E-state index contributed by atoms with van der Waals surface area (Å²) in [5.74, 6) is -2.16. The molecular formula is C17H22F5N3. The highest BCUT2D eigenvalue weighted by atomic mass is 19.4. The first-order valence-corrected chi connectivity index (χ1v) is 8.27. The highest BCUT2D eigenvalue weighted by Gasteiger charge is 2.42. The van der Waals surface area contributed by atoms with Crippen LogP contribution >= 0.6 is 0 Å². The van der Waals surface area contributed by atoms with Crippen molar-refractivity contribution in [1.29, 1.82) is 0 Å². The second-order valence-electron chi connectivity index (χ2n) is 6.23. The van der Waals surface area contributed by atoms with Gasteiger partial charge in [-0.15, -0.1) is 0 Å². The van der Waals surface area contributed by atoms with Crippen molar-refractivity contribution in [1.82, 2.24) is 10.6 Å². The fraction of sp³-hybridized carbons (Fsp3) is 0.588. The predicted octanol–water partition coefficient (Wildman–Crippen LogP) is 3.79. The van der Waals surface area contributed by atoms with Crippen LogP contribution in [0.3, 0.4) is 0 Å². The molecule has 0 aliphatic heterocycles. The van der Waals surface area contributed by atoms with Crippen LogP contribution in [-0.2, 0) is 6.42 Å². The highest BCUT2D eigenvalue weighted by molar-refractivity contribution is 5.79. The number of benzene rings is 1. The van der Waals surface area contributed by atoms with E-state index in [1.165, 1.54) is 19.2 Å². The van der Waals surface area contributed by atoms with Crippen LogP contribution in [0.4, 0.5) is 22.0 Å². The number of rotatable bonds is 4. The van der Waals surface area contributed by atoms with E-state index in [-0.39, 0.29) is 18.9 Å². The SMILES string of the molecule is CN=C(NCCc1ccc(F)cc1F)NC1CCCC(C(F)(F)F)C1. The van der Waals surface area contributed by atoms with Crippen molar-refractivity contribution in [2.24, 2.45) is 10.9 Å². The molecule has 1 fully saturated rings. The van der Waals surface area contributed by atoms with Crippen molar-refractivity contribution in [3.63, 3.8) is 0 Å². The van der Waals surface area contributed by atoms with E-state index in [0.717, 1.165) is 6.07 Å². The van der Waals surface area contributed by atoms with Crippen molar-refractivity contribution < 1.29 is 22.0 Å². The standard InChI is InChI=1S/C17H22F5N3/c1-23-16(24-8-7-11-5-6-13(18)10-15(11)19)25-14-4-2-3-12(9-14)17(20,21)22/h5-6,10,12,14H,2-4,7-9H2,1H3,(H2,23,24,25). The highest BCUT2D eigenvalue weighted by Crippen LogP contribution is 2.37. The molecular weight excluding hydrogens is 341 g/mol. The van der Waals surface area contributed by atoms with Crippen LogP contribution in [0.15, 0.2) is 23.2 Å². The molecule has 2 rings (SSSR count). The average molecular weight is 363 g/mol. The second-order valence-corrected chi connectivity index (χ2v) is 6.23. The topological polar surface area (TPSA) is 36.4 Å². The molecule has 0 radical (unpaired) electrons. The lowest BCUT2D eigenvalue weighted by atomic mass is 9.85. The smallest absolute Gasteiger partial charge is 0.356 e. The first-order valence-electron chi connectivity index (χ1n) is 8.27. The summed E-state index contributed by atoms with van der Waals surface area (Å²) in [5, 5.41) is 5.96. The number of aliphatic imine (C=N–C) groups is 1. The van der Waals surface area contributed by atoms with Crippen molar-refractivity contribution in [3.8, 4) is 0 Å². The number of nitrogens with zero attached hydrogens (tertiary/aromatic N) is 1. The molecule has 0 amide bonds. The Hall–Kier alpha value is -1.86. The van der Waals surface area contributed by atoms with E-state index in [4.69, 9.17) is 0 Å². The maximum atomic E-state index is 13.6. The van der Waals surface area contributed by atoms with Crippen molar-refractivity contribution in [3.05, 3.63) is 35.4 Å². The number of halogens is 5. The van der Waals surface area contributed by atoms with E-state index in [1.807, 2.05) is 0 Å². The molecule has 1 aliphatic rings. The van der Waals surface area contributed by atoms with Crippen LogP contribution in [0, 0.1) is 17.6 Å². The first kappa shape index (κ1) is 19.5. The van der Waals surface area contributed by atoms with Crippen molar-refractivity contribution in [2.45, 2.75) is 44.3 Å². The third kappa shape index (κ3) is 5.86. The summed E-state index contributed by atoms with van der Waals surface area (Å²) in [6, 6.07) is 3.08. The Morgan fingerprint density at radius 3 is 2.64 bits per heavy atom. The van der Waals surface area contributed by atoms with Gasteiger partial charge in [-0.05, 0) is 37.3 Å². The Bertz CT molecular complexity index is 600. The minimum absolute atomic E-state index is 0.0246. The van der Waals surface area contributed by atoms with Gasteiger partial charge in [-0.25, -0.2) is 8.78 Å². The number of hydrogen-bond acceptors (Lipinski definition) is 1. The molecule has 3 nitrogen and oxygen atoms in total. The molecule has 0 bridgehead atoms. The maximum absolute atomic E-state index is 13.6. The molecule has 140 valence electrons. The molecule has 1 aromatic carbocycles. The van der Waals surface area contributed by atoms with Gasteiger partial charge in [0.05, 0.1) is 5.92 Å². The van der Waals surface area contributed by atoms with E-state index < -0.39 is 23.7 Å². The van der Waals surface area contributed by atoms with Crippen LogP contribution in [0.2, 0.25) is 0 Å². The first-order chi connectivity index (χ1) is 11.8. The van der Waals surface area contributed by atoms with Crippen LogP contribution in [0.25, 0.3) is 0 Å². The molecule has 1 aliphatic carbocycles. The number of hydrogen-bond donors (Lipinski definition) is 2. The third-order valence-electron chi connectivity index (χ3n) is 4.40. The number of nitrogens with one attached hydrogen (secondary N) is 2. The predicted molar refractivity (Wildman–Crippen MR) is 86.4 cm³/mol. The molecule has 2 N–H and O–H groups in total. The van der Waals surface area contributed by atoms with E-state index in [2.05, 4.69) is 15.6 Å². The largest absolute Gasteiger partial charge is 0.391 e. The molecule has 0 spiro atoms. The lowest BCUT2D eigenvalue weighted by molar-refractivity contribution is -0.183. The zero-order valence-corrected chi connectivity index (χ0v) is 14.0. The maximum Gasteiger partial charge on any atom is 0.391 e. The molecule has 0 heterocycles. The van der Waals surface area contributed by atoms with Crippen LogP contribution in [0.5, 0.6) is 0 Å². The Morgan fingerprint density at radius 2 is 2.00 bits per heavy atom. The molecule has 0 aromatic heterocycles. The van der Waals surface area contributed by atoms with Crippen LogP contribution < -0.4 is 10.6 Å². The molecule has 1 saturated carbocycles. The summed E-state index contributed by atoms with van der Waals surface area (Å²) >= 11 is 0. The third-order valence-corrected chi connectivity index (χ3v) is 4.40. The zero-order chi connectivity index (χ0) is 18.4. The number of alkyl halides is 3. The van der Waals surface area contributed by atoms with Gasteiger partial charge in [-0.3, -0.25) is 4.99 Å². The van der Waals surface area contributed by atoms with Gasteiger partial charge in [0, 0.05) is 25.7 Å². The summed E-state index contributed by atoms with van der Waals surface area (Å²) < 4.78 is 65.0.